The predicted octanol–water partition coefficient (Wildman–Crippen LogP) is 11.0. The second-order valence-electron chi connectivity index (χ2n) is 14.2. The molecule has 52 heavy (non-hydrogen) atoms. The number of fused-ring (bicyclic) bond motifs is 6. The lowest BCUT2D eigenvalue weighted by atomic mass is 9.97. The molecule has 246 valence electrons. The van der Waals surface area contributed by atoms with E-state index in [-0.39, 0.29) is 0 Å². The Bertz CT molecular complexity index is 2780. The van der Waals surface area contributed by atoms with Gasteiger partial charge in [-0.05, 0) is 69.4 Å². The highest BCUT2D eigenvalue weighted by Crippen LogP contribution is 2.38. The van der Waals surface area contributed by atoms with E-state index < -0.39 is 8.07 Å². The van der Waals surface area contributed by atoms with Gasteiger partial charge in [-0.2, -0.15) is 0 Å². The summed E-state index contributed by atoms with van der Waals surface area (Å²) in [5.74, 6) is 0.771. The average Bonchev–Trinajstić information content (AvgIpc) is 3.67. The summed E-state index contributed by atoms with van der Waals surface area (Å²) in [5.41, 5.74) is 13.8. The molecule has 0 radical (unpaired) electrons. The third-order valence-corrected chi connectivity index (χ3v) is 14.1. The normalized spacial score (nSPS) is 13.0. The van der Waals surface area contributed by atoms with E-state index >= 15 is 0 Å². The van der Waals surface area contributed by atoms with E-state index in [1.54, 1.807) is 0 Å². The highest BCUT2D eigenvalue weighted by Gasteiger charge is 2.41. The minimum atomic E-state index is -2.10. The van der Waals surface area contributed by atoms with Crippen molar-refractivity contribution in [2.45, 2.75) is 13.1 Å². The largest absolute Gasteiger partial charge is 0.309 e. The molecule has 3 heterocycles. The Morgan fingerprint density at radius 3 is 1.73 bits per heavy atom. The molecule has 9 aromatic rings. The Morgan fingerprint density at radius 1 is 0.442 bits per heavy atom. The van der Waals surface area contributed by atoms with E-state index in [9.17, 15) is 0 Å². The summed E-state index contributed by atoms with van der Waals surface area (Å²) in [7, 11) is -2.10. The van der Waals surface area contributed by atoms with Gasteiger partial charge < -0.3 is 4.57 Å². The summed E-state index contributed by atoms with van der Waals surface area (Å²) in [4.78, 5) is 10.9. The van der Waals surface area contributed by atoms with Gasteiger partial charge in [0.2, 0.25) is 0 Å². The first-order valence-corrected chi connectivity index (χ1v) is 20.9. The molecule has 0 fully saturated rings. The van der Waals surface area contributed by atoms with E-state index in [1.807, 2.05) is 0 Å². The number of nitrogens with zero attached hydrogens (tertiary/aromatic N) is 3. The third kappa shape index (κ3) is 4.79. The lowest BCUT2D eigenvalue weighted by Gasteiger charge is -2.19. The van der Waals surface area contributed by atoms with Crippen molar-refractivity contribution in [2.24, 2.45) is 0 Å². The Kier molecular flexibility index (Phi) is 6.95. The summed E-state index contributed by atoms with van der Waals surface area (Å²) in [6.07, 6.45) is 0. The van der Waals surface area contributed by atoms with Crippen molar-refractivity contribution >= 4 is 40.4 Å². The van der Waals surface area contributed by atoms with Gasteiger partial charge in [-0.1, -0.05) is 153 Å². The van der Waals surface area contributed by atoms with Gasteiger partial charge in [-0.15, -0.1) is 0 Å². The van der Waals surface area contributed by atoms with Crippen molar-refractivity contribution in [2.75, 3.05) is 0 Å². The van der Waals surface area contributed by atoms with Crippen LogP contribution in [0.4, 0.5) is 0 Å². The molecule has 0 spiro atoms. The molecule has 1 aliphatic heterocycles. The van der Waals surface area contributed by atoms with Gasteiger partial charge in [0, 0.05) is 38.5 Å². The minimum absolute atomic E-state index is 0.771. The van der Waals surface area contributed by atoms with Crippen LogP contribution < -0.4 is 10.5 Å². The Balaban J connectivity index is 1.13. The Hall–Kier alpha value is -6.36. The summed E-state index contributed by atoms with van der Waals surface area (Å²) in [6, 6.07) is 63.2. The number of rotatable bonds is 5. The highest BCUT2D eigenvalue weighted by molar-refractivity contribution is 7.03. The summed E-state index contributed by atoms with van der Waals surface area (Å²) in [5, 5.41) is 5.15. The molecular formula is C48H35N3Si. The molecule has 2 aromatic heterocycles. The van der Waals surface area contributed by atoms with Crippen molar-refractivity contribution in [3.63, 3.8) is 0 Å². The van der Waals surface area contributed by atoms with Gasteiger partial charge in [0.1, 0.15) is 8.07 Å². The van der Waals surface area contributed by atoms with Gasteiger partial charge in [-0.3, -0.25) is 0 Å². The topological polar surface area (TPSA) is 30.7 Å². The van der Waals surface area contributed by atoms with Crippen LogP contribution in [-0.2, 0) is 0 Å². The maximum Gasteiger partial charge on any atom is 0.159 e. The monoisotopic (exact) mass is 681 g/mol. The van der Waals surface area contributed by atoms with Crippen LogP contribution >= 0.6 is 0 Å². The molecule has 1 aliphatic rings. The molecule has 0 unspecified atom stereocenters. The second kappa shape index (κ2) is 11.9. The van der Waals surface area contributed by atoms with Gasteiger partial charge >= 0.3 is 0 Å². The van der Waals surface area contributed by atoms with E-state index in [0.717, 1.165) is 39.5 Å². The summed E-state index contributed by atoms with van der Waals surface area (Å²) >= 11 is 0. The van der Waals surface area contributed by atoms with Crippen molar-refractivity contribution in [1.29, 1.82) is 0 Å². The van der Waals surface area contributed by atoms with Crippen LogP contribution in [0.2, 0.25) is 13.1 Å². The maximum absolute atomic E-state index is 5.47. The second-order valence-corrected chi connectivity index (χ2v) is 18.5. The van der Waals surface area contributed by atoms with Crippen LogP contribution in [0, 0.1) is 0 Å². The lowest BCUT2D eigenvalue weighted by Crippen LogP contribution is -2.50. The smallest absolute Gasteiger partial charge is 0.159 e. The Morgan fingerprint density at radius 2 is 0.981 bits per heavy atom. The van der Waals surface area contributed by atoms with Crippen molar-refractivity contribution in [3.05, 3.63) is 176 Å². The molecule has 0 N–H and O–H groups in total. The van der Waals surface area contributed by atoms with Gasteiger partial charge in [-0.25, -0.2) is 9.97 Å². The van der Waals surface area contributed by atoms with Crippen molar-refractivity contribution in [1.82, 2.24) is 14.5 Å². The first kappa shape index (κ1) is 30.5. The molecule has 10 rings (SSSR count). The predicted molar refractivity (Wildman–Crippen MR) is 220 cm³/mol. The zero-order chi connectivity index (χ0) is 34.8. The molecule has 7 aromatic carbocycles. The van der Waals surface area contributed by atoms with Crippen LogP contribution in [0.3, 0.4) is 0 Å². The van der Waals surface area contributed by atoms with Crippen LogP contribution in [0.25, 0.3) is 83.5 Å². The first-order chi connectivity index (χ1) is 25.5. The quantitative estimate of drug-likeness (QED) is 0.169. The number of benzene rings is 7. The average molecular weight is 682 g/mol. The minimum Gasteiger partial charge on any atom is -0.309 e. The van der Waals surface area contributed by atoms with Crippen molar-refractivity contribution in [3.8, 4) is 61.7 Å². The molecule has 0 amide bonds. The molecule has 3 nitrogen and oxygen atoms in total. The van der Waals surface area contributed by atoms with Gasteiger partial charge in [0.15, 0.2) is 5.82 Å². The van der Waals surface area contributed by atoms with E-state index in [1.165, 1.54) is 54.6 Å². The molecular weight excluding hydrogens is 647 g/mol. The SMILES string of the molecule is C[Si]1(C)c2ccccc2-c2c(-c3cccc(-c4ccccc4)c3)nc(-c3cccc(-c4cccc(-n5c6ccccc6c6ccccc65)c4)c3)nc21. The first-order valence-electron chi connectivity index (χ1n) is 17.9. The van der Waals surface area contributed by atoms with Crippen LogP contribution in [-0.4, -0.2) is 22.6 Å². The number of aromatic nitrogens is 3. The number of hydrogen-bond acceptors (Lipinski definition) is 2. The highest BCUT2D eigenvalue weighted by atomic mass is 28.3. The molecule has 0 aliphatic carbocycles. The number of hydrogen-bond donors (Lipinski definition) is 0. The summed E-state index contributed by atoms with van der Waals surface area (Å²) in [6.45, 7) is 4.85. The third-order valence-electron chi connectivity index (χ3n) is 10.8. The number of para-hydroxylation sites is 2. The van der Waals surface area contributed by atoms with E-state index in [0.29, 0.717) is 0 Å². The molecule has 0 saturated carbocycles. The van der Waals surface area contributed by atoms with Gasteiger partial charge in [0.25, 0.3) is 0 Å². The van der Waals surface area contributed by atoms with Crippen LogP contribution in [0.5, 0.6) is 0 Å². The van der Waals surface area contributed by atoms with E-state index in [2.05, 4.69) is 194 Å². The fourth-order valence-electron chi connectivity index (χ4n) is 8.22. The molecule has 0 atom stereocenters. The van der Waals surface area contributed by atoms with E-state index in [4.69, 9.17) is 9.97 Å². The maximum atomic E-state index is 5.47. The lowest BCUT2D eigenvalue weighted by molar-refractivity contribution is 1.18. The van der Waals surface area contributed by atoms with Crippen molar-refractivity contribution < 1.29 is 0 Å². The molecule has 0 saturated heterocycles. The molecule has 0 bridgehead atoms. The fourth-order valence-corrected chi connectivity index (χ4v) is 11.1. The zero-order valence-corrected chi connectivity index (χ0v) is 30.1. The van der Waals surface area contributed by atoms with Gasteiger partial charge in [0.05, 0.1) is 16.7 Å². The summed E-state index contributed by atoms with van der Waals surface area (Å²) < 4.78 is 2.38. The Labute approximate surface area is 304 Å². The van der Waals surface area contributed by atoms with Crippen LogP contribution in [0.1, 0.15) is 0 Å². The standard InChI is InChI=1S/C48H35N3Si/c1-52(2)44-28-11-8-25-41(44)45-46(36-20-12-17-33(29-36)32-15-4-3-5-16-32)49-47(50-48(45)52)37-21-13-18-34(30-37)35-19-14-22-38(31-35)51-42-26-9-6-23-39(42)40-24-7-10-27-43(40)51/h3-31H,1-2H3. The fraction of sp³-hybridized carbons (Fsp3) is 0.0417. The van der Waals surface area contributed by atoms with Crippen LogP contribution in [0.15, 0.2) is 176 Å². The zero-order valence-electron chi connectivity index (χ0n) is 29.1. The molecule has 4 heteroatoms.